The molecule has 0 unspecified atom stereocenters. The van der Waals surface area contributed by atoms with Crippen LogP contribution in [0, 0.1) is 18.3 Å². The lowest BCUT2D eigenvalue weighted by Gasteiger charge is -2.09. The van der Waals surface area contributed by atoms with Gasteiger partial charge >= 0.3 is 0 Å². The number of nitriles is 1. The van der Waals surface area contributed by atoms with Gasteiger partial charge in [-0.2, -0.15) is 10.2 Å². The largest absolute Gasteiger partial charge is 0.455 e. The molecule has 1 fully saturated rings. The van der Waals surface area contributed by atoms with E-state index in [1.165, 1.54) is 20.2 Å². The first-order valence-electron chi connectivity index (χ1n) is 8.12. The first-order chi connectivity index (χ1) is 12.3. The highest BCUT2D eigenvalue weighted by Gasteiger charge is 2.27. The molecule has 0 amide bonds. The van der Waals surface area contributed by atoms with Crippen molar-refractivity contribution in [1.29, 1.82) is 5.26 Å². The summed E-state index contributed by atoms with van der Waals surface area (Å²) in [6.45, 7) is 2.78. The first-order valence-corrected chi connectivity index (χ1v) is 9.56. The summed E-state index contributed by atoms with van der Waals surface area (Å²) in [5, 5.41) is 12.3. The molecule has 0 radical (unpaired) electrons. The summed E-state index contributed by atoms with van der Waals surface area (Å²) in [5.41, 5.74) is 0.0732. The van der Waals surface area contributed by atoms with Gasteiger partial charge in [-0.1, -0.05) is 0 Å². The van der Waals surface area contributed by atoms with Gasteiger partial charge in [0.15, 0.2) is 5.76 Å². The molecule has 0 aromatic carbocycles. The molecule has 1 saturated heterocycles. The third-order valence-electron chi connectivity index (χ3n) is 4.09. The number of oxazole rings is 1. The number of ether oxygens (including phenoxy) is 1. The molecule has 0 saturated carbocycles. The van der Waals surface area contributed by atoms with E-state index in [-0.39, 0.29) is 40.0 Å². The zero-order valence-corrected chi connectivity index (χ0v) is 15.6. The van der Waals surface area contributed by atoms with Crippen LogP contribution in [0.2, 0.25) is 0 Å². The Morgan fingerprint density at radius 3 is 2.81 bits per heavy atom. The number of nitrogens with zero attached hydrogens (tertiary/aromatic N) is 3. The highest BCUT2D eigenvalue weighted by molar-refractivity contribution is 7.89. The summed E-state index contributed by atoms with van der Waals surface area (Å²) < 4.78 is 42.3. The molecule has 1 N–H and O–H groups in total. The fourth-order valence-electron chi connectivity index (χ4n) is 2.66. The average Bonchev–Trinajstić information content (AvgIpc) is 3.31. The minimum Gasteiger partial charge on any atom is -0.455 e. The number of aromatic nitrogens is 1. The van der Waals surface area contributed by atoms with E-state index < -0.39 is 10.0 Å². The van der Waals surface area contributed by atoms with Gasteiger partial charge in [-0.05, 0) is 19.8 Å². The molecule has 3 rings (SSSR count). The molecule has 10 heteroatoms. The number of sulfonamides is 1. The average molecular weight is 380 g/mol. The maximum absolute atomic E-state index is 12.3. The third kappa shape index (κ3) is 3.46. The van der Waals surface area contributed by atoms with Gasteiger partial charge in [-0.3, -0.25) is 0 Å². The van der Waals surface area contributed by atoms with Crippen LogP contribution < -0.4 is 5.32 Å². The second-order valence-electron chi connectivity index (χ2n) is 6.14. The zero-order valence-electron chi connectivity index (χ0n) is 14.8. The second-order valence-corrected chi connectivity index (χ2v) is 8.26. The number of aryl methyl sites for hydroxylation is 1. The maximum Gasteiger partial charge on any atom is 0.266 e. The van der Waals surface area contributed by atoms with Crippen LogP contribution >= 0.6 is 0 Å². The molecule has 2 aromatic rings. The molecule has 1 aliphatic rings. The van der Waals surface area contributed by atoms with Crippen LogP contribution in [-0.4, -0.2) is 51.1 Å². The number of hydrogen-bond donors (Lipinski definition) is 1. The molecule has 0 bridgehead atoms. The highest BCUT2D eigenvalue weighted by atomic mass is 32.2. The Bertz CT molecular complexity index is 932. The molecule has 0 spiro atoms. The van der Waals surface area contributed by atoms with Crippen molar-refractivity contribution < 1.29 is 22.0 Å². The van der Waals surface area contributed by atoms with Crippen LogP contribution in [-0.2, 0) is 14.8 Å². The Kier molecular flexibility index (Phi) is 5.04. The monoisotopic (exact) mass is 380 g/mol. The van der Waals surface area contributed by atoms with E-state index >= 15 is 0 Å². The molecule has 140 valence electrons. The minimum absolute atomic E-state index is 0.0306. The van der Waals surface area contributed by atoms with E-state index in [1.807, 2.05) is 6.07 Å². The quantitative estimate of drug-likeness (QED) is 0.807. The lowest BCUT2D eigenvalue weighted by atomic mass is 10.2. The van der Waals surface area contributed by atoms with Crippen LogP contribution in [0.5, 0.6) is 0 Å². The normalized spacial score (nSPS) is 17.6. The van der Waals surface area contributed by atoms with Crippen molar-refractivity contribution in [2.75, 3.05) is 32.6 Å². The Morgan fingerprint density at radius 1 is 1.42 bits per heavy atom. The molecule has 26 heavy (non-hydrogen) atoms. The van der Waals surface area contributed by atoms with E-state index in [1.54, 1.807) is 6.92 Å². The number of furan rings is 1. The van der Waals surface area contributed by atoms with Gasteiger partial charge in [0.1, 0.15) is 16.7 Å². The summed E-state index contributed by atoms with van der Waals surface area (Å²) in [5.74, 6) is 0.618. The Balaban J connectivity index is 1.87. The van der Waals surface area contributed by atoms with Crippen LogP contribution in [0.4, 0.5) is 5.88 Å². The first kappa shape index (κ1) is 18.4. The molecular weight excluding hydrogens is 360 g/mol. The molecule has 2 aromatic heterocycles. The van der Waals surface area contributed by atoms with Crippen molar-refractivity contribution in [1.82, 2.24) is 9.29 Å². The topological polar surface area (TPSA) is 122 Å². The summed E-state index contributed by atoms with van der Waals surface area (Å²) >= 11 is 0. The van der Waals surface area contributed by atoms with Crippen LogP contribution in [0.15, 0.2) is 19.8 Å². The third-order valence-corrected chi connectivity index (χ3v) is 6.01. The summed E-state index contributed by atoms with van der Waals surface area (Å²) in [6.07, 6.45) is 2.02. The van der Waals surface area contributed by atoms with Gasteiger partial charge in [-0.25, -0.2) is 12.7 Å². The highest BCUT2D eigenvalue weighted by Crippen LogP contribution is 2.31. The fraction of sp³-hybridized carbons (Fsp3) is 0.500. The smallest absolute Gasteiger partial charge is 0.266 e. The van der Waals surface area contributed by atoms with Crippen molar-refractivity contribution in [3.05, 3.63) is 17.5 Å². The van der Waals surface area contributed by atoms with Crippen LogP contribution in [0.3, 0.4) is 0 Å². The predicted molar refractivity (Wildman–Crippen MR) is 92.0 cm³/mol. The molecule has 1 atom stereocenters. The van der Waals surface area contributed by atoms with Crippen LogP contribution in [0.25, 0.3) is 11.7 Å². The van der Waals surface area contributed by atoms with Crippen molar-refractivity contribution >= 4 is 15.9 Å². The minimum atomic E-state index is -3.65. The Morgan fingerprint density at radius 2 is 2.19 bits per heavy atom. The summed E-state index contributed by atoms with van der Waals surface area (Å²) in [6, 6.07) is 3.30. The summed E-state index contributed by atoms with van der Waals surface area (Å²) in [4.78, 5) is 4.12. The van der Waals surface area contributed by atoms with E-state index in [0.717, 1.165) is 23.8 Å². The van der Waals surface area contributed by atoms with Crippen molar-refractivity contribution in [3.63, 3.8) is 0 Å². The van der Waals surface area contributed by atoms with Crippen molar-refractivity contribution in [3.8, 4) is 17.7 Å². The van der Waals surface area contributed by atoms with Gasteiger partial charge < -0.3 is 18.9 Å². The number of hydrogen-bond acceptors (Lipinski definition) is 8. The Labute approximate surface area is 151 Å². The van der Waals surface area contributed by atoms with Crippen molar-refractivity contribution in [2.24, 2.45) is 0 Å². The van der Waals surface area contributed by atoms with E-state index in [2.05, 4.69) is 10.3 Å². The molecule has 9 nitrogen and oxygen atoms in total. The van der Waals surface area contributed by atoms with Crippen molar-refractivity contribution in [2.45, 2.75) is 30.8 Å². The van der Waals surface area contributed by atoms with E-state index in [4.69, 9.17) is 13.6 Å². The zero-order chi connectivity index (χ0) is 18.9. The van der Waals surface area contributed by atoms with Gasteiger partial charge in [0.25, 0.3) is 5.89 Å². The maximum atomic E-state index is 12.3. The van der Waals surface area contributed by atoms with Gasteiger partial charge in [0, 0.05) is 33.3 Å². The lowest BCUT2D eigenvalue weighted by molar-refractivity contribution is 0.120. The second kappa shape index (κ2) is 7.11. The molecule has 1 aliphatic heterocycles. The lowest BCUT2D eigenvalue weighted by Crippen LogP contribution is -2.22. The number of anilines is 1. The van der Waals surface area contributed by atoms with E-state index in [9.17, 15) is 13.7 Å². The van der Waals surface area contributed by atoms with Gasteiger partial charge in [0.2, 0.25) is 21.6 Å². The SMILES string of the molecule is Cc1oc(-c2nc(C#N)c(NC[C@@H]3CCCO3)o2)cc1S(=O)(=O)N(C)C. The fourth-order valence-corrected chi connectivity index (χ4v) is 3.71. The van der Waals surface area contributed by atoms with Gasteiger partial charge in [0.05, 0.1) is 6.10 Å². The van der Waals surface area contributed by atoms with E-state index in [0.29, 0.717) is 6.54 Å². The number of nitrogens with one attached hydrogen (secondary N) is 1. The number of rotatable bonds is 6. The van der Waals surface area contributed by atoms with Gasteiger partial charge in [-0.15, -0.1) is 0 Å². The molecular formula is C16H20N4O5S. The molecule has 0 aliphatic carbocycles. The molecule has 3 heterocycles. The summed E-state index contributed by atoms with van der Waals surface area (Å²) in [7, 11) is -0.776. The Hall–Kier alpha value is -2.35. The van der Waals surface area contributed by atoms with Crippen LogP contribution in [0.1, 0.15) is 24.3 Å². The standard InChI is InChI=1S/C16H20N4O5S/c1-10-14(26(21,22)20(2)3)7-13(24-10)16-19-12(8-17)15(25-16)18-9-11-5-4-6-23-11/h7,11,18H,4-6,9H2,1-3H3/t11-/m0/s1. The predicted octanol–water partition coefficient (Wildman–Crippen LogP) is 1.96.